The van der Waals surface area contributed by atoms with Crippen LogP contribution in [0.25, 0.3) is 0 Å². The van der Waals surface area contributed by atoms with Crippen LogP contribution >= 0.6 is 15.9 Å². The van der Waals surface area contributed by atoms with Gasteiger partial charge in [0.1, 0.15) is 4.90 Å². The molecule has 10 heteroatoms. The first-order valence-electron chi connectivity index (χ1n) is 8.46. The number of benzene rings is 3. The van der Waals surface area contributed by atoms with E-state index in [1.54, 1.807) is 30.3 Å². The molecule has 0 atom stereocenters. The first kappa shape index (κ1) is 21.5. The minimum atomic E-state index is -4.05. The highest BCUT2D eigenvalue weighted by molar-refractivity contribution is 9.10. The minimum absolute atomic E-state index is 0.00818. The SMILES string of the molecule is COc1cc(C=Nc2ccc([N+](=O)[O-])cc2)cc(Br)c1OS(=O)(=O)c1ccccc1. The number of ether oxygens (including phenoxy) is 1. The fourth-order valence-corrected chi connectivity index (χ4v) is 4.08. The van der Waals surface area contributed by atoms with Crippen molar-refractivity contribution in [1.82, 2.24) is 0 Å². The molecule has 3 aromatic carbocycles. The summed E-state index contributed by atoms with van der Waals surface area (Å²) in [7, 11) is -2.66. The largest absolute Gasteiger partial charge is 0.493 e. The Morgan fingerprint density at radius 3 is 2.33 bits per heavy atom. The van der Waals surface area contributed by atoms with Gasteiger partial charge in [0, 0.05) is 18.3 Å². The zero-order chi connectivity index (χ0) is 21.7. The monoisotopic (exact) mass is 490 g/mol. The van der Waals surface area contributed by atoms with Gasteiger partial charge in [0.05, 0.1) is 22.2 Å². The number of rotatable bonds is 7. The number of aliphatic imine (C=N–C) groups is 1. The van der Waals surface area contributed by atoms with Gasteiger partial charge in [0.15, 0.2) is 11.5 Å². The third-order valence-electron chi connectivity index (χ3n) is 3.90. The van der Waals surface area contributed by atoms with Gasteiger partial charge in [0.25, 0.3) is 5.69 Å². The lowest BCUT2D eigenvalue weighted by atomic mass is 10.2. The highest BCUT2D eigenvalue weighted by atomic mass is 79.9. The van der Waals surface area contributed by atoms with Crippen LogP contribution < -0.4 is 8.92 Å². The average molecular weight is 491 g/mol. The number of methoxy groups -OCH3 is 1. The van der Waals surface area contributed by atoms with E-state index in [-0.39, 0.29) is 22.1 Å². The van der Waals surface area contributed by atoms with E-state index in [0.717, 1.165) is 0 Å². The molecule has 3 rings (SSSR count). The Bertz CT molecular complexity index is 1200. The van der Waals surface area contributed by atoms with Crippen molar-refractivity contribution < 1.29 is 22.3 Å². The second-order valence-corrected chi connectivity index (χ2v) is 8.32. The van der Waals surface area contributed by atoms with Crippen molar-refractivity contribution in [2.45, 2.75) is 4.90 Å². The summed E-state index contributed by atoms with van der Waals surface area (Å²) in [6.45, 7) is 0. The lowest BCUT2D eigenvalue weighted by Crippen LogP contribution is -2.11. The van der Waals surface area contributed by atoms with Crippen molar-refractivity contribution >= 4 is 43.6 Å². The molecule has 0 fully saturated rings. The molecule has 30 heavy (non-hydrogen) atoms. The smallest absolute Gasteiger partial charge is 0.339 e. The average Bonchev–Trinajstić information content (AvgIpc) is 2.74. The zero-order valence-electron chi connectivity index (χ0n) is 15.6. The molecule has 0 aromatic heterocycles. The highest BCUT2D eigenvalue weighted by Gasteiger charge is 2.21. The summed E-state index contributed by atoms with van der Waals surface area (Å²) >= 11 is 3.31. The molecule has 0 saturated carbocycles. The van der Waals surface area contributed by atoms with Crippen LogP contribution in [-0.4, -0.2) is 26.7 Å². The van der Waals surface area contributed by atoms with Gasteiger partial charge in [-0.15, -0.1) is 0 Å². The molecular weight excluding hydrogens is 476 g/mol. The number of nitro benzene ring substituents is 1. The van der Waals surface area contributed by atoms with Crippen LogP contribution in [0.1, 0.15) is 5.56 Å². The van der Waals surface area contributed by atoms with E-state index >= 15 is 0 Å². The molecular formula is C20H15BrN2O6S. The topological polar surface area (TPSA) is 108 Å². The van der Waals surface area contributed by atoms with Crippen molar-refractivity contribution in [3.8, 4) is 11.5 Å². The molecule has 0 heterocycles. The van der Waals surface area contributed by atoms with E-state index in [2.05, 4.69) is 20.9 Å². The molecule has 0 spiro atoms. The second-order valence-electron chi connectivity index (χ2n) is 5.92. The van der Waals surface area contributed by atoms with Crippen LogP contribution in [-0.2, 0) is 10.1 Å². The Kier molecular flexibility index (Phi) is 6.48. The normalized spacial score (nSPS) is 11.4. The lowest BCUT2D eigenvalue weighted by molar-refractivity contribution is -0.384. The quantitative estimate of drug-likeness (QED) is 0.202. The van der Waals surface area contributed by atoms with Gasteiger partial charge in [-0.05, 0) is 57.9 Å². The first-order chi connectivity index (χ1) is 14.3. The van der Waals surface area contributed by atoms with Gasteiger partial charge in [0.2, 0.25) is 0 Å². The molecule has 0 aliphatic rings. The maximum absolute atomic E-state index is 12.5. The van der Waals surface area contributed by atoms with Crippen LogP contribution in [0.5, 0.6) is 11.5 Å². The number of nitro groups is 1. The molecule has 0 radical (unpaired) electrons. The van der Waals surface area contributed by atoms with Crippen molar-refractivity contribution in [3.05, 3.63) is 86.9 Å². The van der Waals surface area contributed by atoms with Crippen LogP contribution in [0.2, 0.25) is 0 Å². The van der Waals surface area contributed by atoms with E-state index in [0.29, 0.717) is 15.7 Å². The summed E-state index contributed by atoms with van der Waals surface area (Å²) in [5.74, 6) is 0.197. The summed E-state index contributed by atoms with van der Waals surface area (Å²) < 4.78 is 36.0. The zero-order valence-corrected chi connectivity index (χ0v) is 18.0. The standard InChI is InChI=1S/C20H15BrN2O6S/c1-28-19-12-14(13-22-15-7-9-16(10-8-15)23(24)25)11-18(21)20(19)29-30(26,27)17-5-3-2-4-6-17/h2-13H,1H3. The van der Waals surface area contributed by atoms with E-state index in [1.165, 1.54) is 49.7 Å². The third-order valence-corrected chi connectivity index (χ3v) is 5.72. The van der Waals surface area contributed by atoms with Gasteiger partial charge in [-0.1, -0.05) is 18.2 Å². The fraction of sp³-hybridized carbons (Fsp3) is 0.0500. The summed E-state index contributed by atoms with van der Waals surface area (Å²) in [4.78, 5) is 14.5. The molecule has 0 saturated heterocycles. The Morgan fingerprint density at radius 1 is 1.07 bits per heavy atom. The number of hydrogen-bond donors (Lipinski definition) is 0. The molecule has 0 bridgehead atoms. The molecule has 0 aliphatic heterocycles. The Balaban J connectivity index is 1.88. The summed E-state index contributed by atoms with van der Waals surface area (Å²) in [5.41, 5.74) is 1.09. The predicted octanol–water partition coefficient (Wildman–Crippen LogP) is 4.88. The van der Waals surface area contributed by atoms with E-state index in [9.17, 15) is 18.5 Å². The molecule has 0 aliphatic carbocycles. The van der Waals surface area contributed by atoms with Crippen molar-refractivity contribution in [1.29, 1.82) is 0 Å². The number of halogens is 1. The molecule has 8 nitrogen and oxygen atoms in total. The molecule has 0 N–H and O–H groups in total. The highest BCUT2D eigenvalue weighted by Crippen LogP contribution is 2.38. The van der Waals surface area contributed by atoms with Crippen LogP contribution in [0.15, 0.2) is 81.1 Å². The number of non-ortho nitro benzene ring substituents is 1. The summed E-state index contributed by atoms with van der Waals surface area (Å²) in [6.07, 6.45) is 1.52. The molecule has 0 unspecified atom stereocenters. The van der Waals surface area contributed by atoms with Gasteiger partial charge in [-0.2, -0.15) is 8.42 Å². The van der Waals surface area contributed by atoms with Gasteiger partial charge >= 0.3 is 10.1 Å². The van der Waals surface area contributed by atoms with Gasteiger partial charge in [-0.3, -0.25) is 15.1 Å². The van der Waals surface area contributed by atoms with E-state index < -0.39 is 15.0 Å². The second kappa shape index (κ2) is 9.06. The maximum Gasteiger partial charge on any atom is 0.339 e. The molecule has 0 amide bonds. The maximum atomic E-state index is 12.5. The first-order valence-corrected chi connectivity index (χ1v) is 10.7. The van der Waals surface area contributed by atoms with Gasteiger partial charge in [-0.25, -0.2) is 0 Å². The number of nitrogens with zero attached hydrogens (tertiary/aromatic N) is 2. The van der Waals surface area contributed by atoms with Crippen molar-refractivity contribution in [3.63, 3.8) is 0 Å². The van der Waals surface area contributed by atoms with E-state index in [4.69, 9.17) is 8.92 Å². The summed E-state index contributed by atoms with van der Waals surface area (Å²) in [5, 5.41) is 10.7. The third kappa shape index (κ3) is 5.02. The minimum Gasteiger partial charge on any atom is -0.493 e. The van der Waals surface area contributed by atoms with Crippen LogP contribution in [0.4, 0.5) is 11.4 Å². The summed E-state index contributed by atoms with van der Waals surface area (Å²) in [6, 6.07) is 16.7. The Labute approximate surface area is 181 Å². The lowest BCUT2D eigenvalue weighted by Gasteiger charge is -2.13. The Hall–Kier alpha value is -3.24. The van der Waals surface area contributed by atoms with Crippen molar-refractivity contribution in [2.75, 3.05) is 7.11 Å². The number of hydrogen-bond acceptors (Lipinski definition) is 7. The molecule has 154 valence electrons. The van der Waals surface area contributed by atoms with Crippen LogP contribution in [0, 0.1) is 10.1 Å². The van der Waals surface area contributed by atoms with Crippen LogP contribution in [0.3, 0.4) is 0 Å². The predicted molar refractivity (Wildman–Crippen MR) is 115 cm³/mol. The van der Waals surface area contributed by atoms with Crippen molar-refractivity contribution in [2.24, 2.45) is 4.99 Å². The van der Waals surface area contributed by atoms with Gasteiger partial charge < -0.3 is 8.92 Å². The fourth-order valence-electron chi connectivity index (χ4n) is 2.45. The van der Waals surface area contributed by atoms with E-state index in [1.807, 2.05) is 0 Å². The Morgan fingerprint density at radius 2 is 1.73 bits per heavy atom. The molecule has 3 aromatic rings.